The number of rotatable bonds is 9. The fourth-order valence-electron chi connectivity index (χ4n) is 9.63. The second-order valence-electron chi connectivity index (χ2n) is 13.7. The van der Waals surface area contributed by atoms with Crippen LogP contribution in [0.3, 0.4) is 0 Å². The van der Waals surface area contributed by atoms with E-state index >= 15 is 0 Å². The maximum atomic E-state index is 12.6. The highest BCUT2D eigenvalue weighted by atomic mass is 16.5. The molecule has 7 nitrogen and oxygen atoms in total. The van der Waals surface area contributed by atoms with Crippen LogP contribution in [0.15, 0.2) is 27.6 Å². The predicted molar refractivity (Wildman–Crippen MR) is 151 cm³/mol. The van der Waals surface area contributed by atoms with E-state index in [1.807, 2.05) is 6.07 Å². The minimum atomic E-state index is -0.704. The highest BCUT2D eigenvalue weighted by molar-refractivity contribution is 5.69. The van der Waals surface area contributed by atoms with Crippen LogP contribution in [0.5, 0.6) is 0 Å². The first-order chi connectivity index (χ1) is 19.1. The fraction of sp³-hybridized carbons (Fsp3) is 0.788. The number of carbonyl (C=O) groups excluding carboxylic acids is 2. The van der Waals surface area contributed by atoms with E-state index in [-0.39, 0.29) is 46.3 Å². The number of aliphatic hydroxyl groups is 1. The Bertz CT molecular complexity index is 1110. The van der Waals surface area contributed by atoms with E-state index in [4.69, 9.17) is 9.15 Å². The van der Waals surface area contributed by atoms with E-state index in [1.54, 1.807) is 6.26 Å². The molecule has 0 unspecified atom stereocenters. The van der Waals surface area contributed by atoms with Crippen LogP contribution in [0.4, 0.5) is 0 Å². The lowest BCUT2D eigenvalue weighted by Crippen LogP contribution is -2.62. The van der Waals surface area contributed by atoms with Crippen LogP contribution < -0.4 is 5.63 Å². The molecule has 4 aliphatic carbocycles. The molecule has 8 atom stereocenters. The van der Waals surface area contributed by atoms with Crippen molar-refractivity contribution >= 4 is 11.9 Å². The molecule has 0 amide bonds. The third-order valence-corrected chi connectivity index (χ3v) is 12.0. The van der Waals surface area contributed by atoms with Crippen molar-refractivity contribution < 1.29 is 28.6 Å². The largest absolute Gasteiger partial charge is 0.469 e. The lowest BCUT2D eigenvalue weighted by Gasteiger charge is -2.63. The third kappa shape index (κ3) is 5.28. The molecule has 0 spiro atoms. The molecule has 1 aromatic heterocycles. The summed E-state index contributed by atoms with van der Waals surface area (Å²) in [6.07, 6.45) is 14.7. The van der Waals surface area contributed by atoms with Gasteiger partial charge in [0, 0.05) is 24.3 Å². The summed E-state index contributed by atoms with van der Waals surface area (Å²) in [6, 6.07) is 3.40. The van der Waals surface area contributed by atoms with Crippen LogP contribution in [0.2, 0.25) is 0 Å². The number of unbranched alkanes of at least 4 members (excludes halogenated alkanes) is 3. The van der Waals surface area contributed by atoms with E-state index in [1.165, 1.54) is 13.2 Å². The molecule has 4 aliphatic rings. The summed E-state index contributed by atoms with van der Waals surface area (Å²) in [5.41, 5.74) is -0.0420. The van der Waals surface area contributed by atoms with Crippen molar-refractivity contribution in [2.75, 3.05) is 7.11 Å². The van der Waals surface area contributed by atoms with Crippen molar-refractivity contribution in [1.82, 2.24) is 0 Å². The van der Waals surface area contributed by atoms with E-state index in [9.17, 15) is 19.5 Å². The minimum Gasteiger partial charge on any atom is -0.469 e. The van der Waals surface area contributed by atoms with Gasteiger partial charge in [-0.2, -0.15) is 0 Å². The van der Waals surface area contributed by atoms with Gasteiger partial charge in [0.1, 0.15) is 6.10 Å². The minimum absolute atomic E-state index is 0.00184. The summed E-state index contributed by atoms with van der Waals surface area (Å²) < 4.78 is 15.9. The molecule has 0 saturated heterocycles. The van der Waals surface area contributed by atoms with Gasteiger partial charge in [0.15, 0.2) is 0 Å². The Hall–Kier alpha value is -2.15. The first-order valence-corrected chi connectivity index (χ1v) is 15.7. The van der Waals surface area contributed by atoms with Gasteiger partial charge in [0.25, 0.3) is 0 Å². The average Bonchev–Trinajstić information content (AvgIpc) is 3.22. The van der Waals surface area contributed by atoms with E-state index in [2.05, 4.69) is 18.6 Å². The molecule has 1 aromatic rings. The summed E-state index contributed by atoms with van der Waals surface area (Å²) in [5.74, 6) is 1.23. The number of fused-ring (bicyclic) bond motifs is 5. The lowest BCUT2D eigenvalue weighted by atomic mass is 9.43. The van der Waals surface area contributed by atoms with Gasteiger partial charge in [0.2, 0.25) is 0 Å². The van der Waals surface area contributed by atoms with Crippen LogP contribution in [0, 0.1) is 28.6 Å². The molecule has 222 valence electrons. The topological polar surface area (TPSA) is 103 Å². The third-order valence-electron chi connectivity index (χ3n) is 12.0. The van der Waals surface area contributed by atoms with Gasteiger partial charge in [-0.3, -0.25) is 9.59 Å². The lowest BCUT2D eigenvalue weighted by molar-refractivity contribution is -0.207. The number of methoxy groups -OCH3 is 1. The summed E-state index contributed by atoms with van der Waals surface area (Å²) in [7, 11) is 1.41. The van der Waals surface area contributed by atoms with Crippen LogP contribution in [-0.4, -0.2) is 35.9 Å². The molecule has 0 aromatic carbocycles. The van der Waals surface area contributed by atoms with Gasteiger partial charge < -0.3 is 19.0 Å². The smallest absolute Gasteiger partial charge is 0.335 e. The van der Waals surface area contributed by atoms with Crippen molar-refractivity contribution in [1.29, 1.82) is 0 Å². The van der Waals surface area contributed by atoms with Gasteiger partial charge in [-0.1, -0.05) is 26.7 Å². The molecule has 5 rings (SSSR count). The summed E-state index contributed by atoms with van der Waals surface area (Å²) >= 11 is 0. The molecule has 1 heterocycles. The maximum Gasteiger partial charge on any atom is 0.335 e. The Labute approximate surface area is 238 Å². The second kappa shape index (κ2) is 11.6. The normalized spacial score (nSPS) is 38.5. The highest BCUT2D eigenvalue weighted by Crippen LogP contribution is 2.70. The van der Waals surface area contributed by atoms with Gasteiger partial charge in [-0.15, -0.1) is 0 Å². The molecule has 40 heavy (non-hydrogen) atoms. The SMILES string of the molecule is COC(=O)CCCCCCC(=O)O[C@H]1CC[C@@]2(C)[C@@H](CC[C@@H]3[C@@H]2CC[C@]2(C)[C@@H](c4ccc(=O)oc4)CC[C@]32O)C1. The first-order valence-electron chi connectivity index (χ1n) is 15.7. The Kier molecular flexibility index (Phi) is 8.52. The zero-order chi connectivity index (χ0) is 28.5. The van der Waals surface area contributed by atoms with Gasteiger partial charge in [-0.25, -0.2) is 4.79 Å². The molecular weight excluding hydrogens is 508 g/mol. The molecular formula is C33H48O7. The number of ether oxygens (including phenoxy) is 2. The molecule has 0 bridgehead atoms. The van der Waals surface area contributed by atoms with Crippen molar-refractivity contribution in [3.8, 4) is 0 Å². The second-order valence-corrected chi connectivity index (χ2v) is 13.7. The summed E-state index contributed by atoms with van der Waals surface area (Å²) in [4.78, 5) is 35.3. The molecule has 4 fully saturated rings. The van der Waals surface area contributed by atoms with E-state index in [0.29, 0.717) is 24.7 Å². The van der Waals surface area contributed by atoms with Crippen LogP contribution in [0.1, 0.15) is 122 Å². The van der Waals surface area contributed by atoms with Crippen LogP contribution >= 0.6 is 0 Å². The Morgan fingerprint density at radius 1 is 0.925 bits per heavy atom. The molecule has 0 radical (unpaired) electrons. The zero-order valence-electron chi connectivity index (χ0n) is 24.6. The molecule has 1 N–H and O–H groups in total. The quantitative estimate of drug-likeness (QED) is 0.281. The molecule has 7 heteroatoms. The number of esters is 2. The summed E-state index contributed by atoms with van der Waals surface area (Å²) in [5, 5.41) is 12.4. The van der Waals surface area contributed by atoms with E-state index < -0.39 is 5.60 Å². The van der Waals surface area contributed by atoms with Crippen molar-refractivity contribution in [3.05, 3.63) is 34.4 Å². The van der Waals surface area contributed by atoms with Crippen LogP contribution in [-0.2, 0) is 19.1 Å². The van der Waals surface area contributed by atoms with Crippen molar-refractivity contribution in [3.63, 3.8) is 0 Å². The monoisotopic (exact) mass is 556 g/mol. The van der Waals surface area contributed by atoms with Crippen molar-refractivity contribution in [2.24, 2.45) is 28.6 Å². The number of hydrogen-bond acceptors (Lipinski definition) is 7. The summed E-state index contributed by atoms with van der Waals surface area (Å²) in [6.45, 7) is 4.72. The maximum absolute atomic E-state index is 12.6. The van der Waals surface area contributed by atoms with E-state index in [0.717, 1.165) is 89.0 Å². The Morgan fingerprint density at radius 2 is 1.68 bits per heavy atom. The standard InChI is InChI=1S/C33H48O7/c1-31-17-14-24(40-30(36)9-7-5-4-6-8-28(34)38-3)20-23(31)11-12-27-26(31)15-18-32(2)25(16-19-33(27,32)37)22-10-13-29(35)39-21-22/h10,13,21,23-27,37H,4-9,11-12,14-20H2,1-3H3/t23-,24-,25+,26-,27+,31-,32+,33-/m0/s1. The Balaban J connectivity index is 1.16. The average molecular weight is 557 g/mol. The number of carbonyl (C=O) groups is 2. The number of hydrogen-bond donors (Lipinski definition) is 1. The fourth-order valence-corrected chi connectivity index (χ4v) is 9.63. The first kappa shape index (κ1) is 29.3. The van der Waals surface area contributed by atoms with Gasteiger partial charge in [-0.05, 0) is 111 Å². The van der Waals surface area contributed by atoms with Crippen LogP contribution in [0.25, 0.3) is 0 Å². The molecule has 4 saturated carbocycles. The van der Waals surface area contributed by atoms with Crippen molar-refractivity contribution in [2.45, 2.75) is 128 Å². The zero-order valence-corrected chi connectivity index (χ0v) is 24.6. The molecule has 0 aliphatic heterocycles. The van der Waals surface area contributed by atoms with Gasteiger partial charge in [0.05, 0.1) is 19.0 Å². The van der Waals surface area contributed by atoms with Gasteiger partial charge >= 0.3 is 17.6 Å². The predicted octanol–water partition coefficient (Wildman–Crippen LogP) is 6.31. The highest BCUT2D eigenvalue weighted by Gasteiger charge is 2.67. The Morgan fingerprint density at radius 3 is 2.38 bits per heavy atom.